The van der Waals surface area contributed by atoms with Gasteiger partial charge in [0, 0.05) is 33.0 Å². The molecule has 5 heteroatoms. The SMILES string of the molecule is O=S1(=O)c2cc(-c3ccccc3)ccc2-c2ccc(-c3ccc4ccc5ccc(-c6ccccc6)nc5c4n3)cc21. The predicted molar refractivity (Wildman–Crippen MR) is 164 cm³/mol. The molecule has 0 N–H and O–H groups in total. The van der Waals surface area contributed by atoms with Crippen LogP contribution in [0.3, 0.4) is 0 Å². The third-order valence-corrected chi connectivity index (χ3v) is 9.66. The Morgan fingerprint density at radius 2 is 0.878 bits per heavy atom. The van der Waals surface area contributed by atoms with Gasteiger partial charge < -0.3 is 0 Å². The van der Waals surface area contributed by atoms with Crippen molar-refractivity contribution in [3.8, 4) is 44.8 Å². The summed E-state index contributed by atoms with van der Waals surface area (Å²) in [4.78, 5) is 10.7. The molecule has 41 heavy (non-hydrogen) atoms. The maximum Gasteiger partial charge on any atom is 0.207 e. The molecule has 5 aromatic carbocycles. The van der Waals surface area contributed by atoms with E-state index in [1.54, 1.807) is 12.1 Å². The molecular weight excluding hydrogens is 524 g/mol. The summed E-state index contributed by atoms with van der Waals surface area (Å²) >= 11 is 0. The van der Waals surface area contributed by atoms with Crippen LogP contribution in [0.1, 0.15) is 0 Å². The van der Waals surface area contributed by atoms with Gasteiger partial charge in [-0.05, 0) is 35.4 Å². The van der Waals surface area contributed by atoms with E-state index in [2.05, 4.69) is 12.1 Å². The molecule has 0 saturated heterocycles. The van der Waals surface area contributed by atoms with Crippen molar-refractivity contribution in [3.05, 3.63) is 133 Å². The van der Waals surface area contributed by atoms with Crippen LogP contribution in [0, 0.1) is 0 Å². The summed E-state index contributed by atoms with van der Waals surface area (Å²) in [7, 11) is -3.68. The van der Waals surface area contributed by atoms with Gasteiger partial charge in [-0.25, -0.2) is 18.4 Å². The summed E-state index contributed by atoms with van der Waals surface area (Å²) in [6.45, 7) is 0. The zero-order chi connectivity index (χ0) is 27.6. The Kier molecular flexibility index (Phi) is 5.18. The Morgan fingerprint density at radius 3 is 1.46 bits per heavy atom. The molecule has 0 amide bonds. The van der Waals surface area contributed by atoms with Crippen molar-refractivity contribution < 1.29 is 8.42 Å². The first-order valence-electron chi connectivity index (χ1n) is 13.4. The normalized spacial score (nSPS) is 13.3. The van der Waals surface area contributed by atoms with E-state index in [0.29, 0.717) is 15.5 Å². The standard InChI is InChI=1S/C36H22N2O2S/c39-41(40)33-21-27(23-7-3-1-4-8-23)13-17-29(33)30-18-14-28(22-34(30)41)32-20-16-26-12-11-25-15-19-31(24-9-5-2-6-10-24)37-35(25)36(26)38-32/h1-22H. The quantitative estimate of drug-likeness (QED) is 0.208. The van der Waals surface area contributed by atoms with Crippen LogP contribution in [0.15, 0.2) is 143 Å². The fourth-order valence-corrected chi connectivity index (χ4v) is 7.46. The number of hydrogen-bond acceptors (Lipinski definition) is 4. The Bertz CT molecular complexity index is 2260. The van der Waals surface area contributed by atoms with Crippen molar-refractivity contribution in [2.45, 2.75) is 9.79 Å². The topological polar surface area (TPSA) is 59.9 Å². The van der Waals surface area contributed by atoms with Crippen LogP contribution in [-0.4, -0.2) is 18.4 Å². The molecule has 0 fully saturated rings. The van der Waals surface area contributed by atoms with Gasteiger partial charge in [-0.15, -0.1) is 0 Å². The Balaban J connectivity index is 1.25. The number of fused-ring (bicyclic) bond motifs is 6. The molecule has 3 heterocycles. The fraction of sp³-hybridized carbons (Fsp3) is 0. The van der Waals surface area contributed by atoms with Gasteiger partial charge in [-0.2, -0.15) is 0 Å². The van der Waals surface area contributed by atoms with Gasteiger partial charge in [-0.1, -0.05) is 109 Å². The first-order valence-corrected chi connectivity index (χ1v) is 14.9. The zero-order valence-electron chi connectivity index (χ0n) is 21.8. The van der Waals surface area contributed by atoms with Gasteiger partial charge in [0.15, 0.2) is 0 Å². The van der Waals surface area contributed by atoms with Gasteiger partial charge in [0.1, 0.15) is 0 Å². The highest BCUT2D eigenvalue weighted by molar-refractivity contribution is 7.92. The number of pyridine rings is 2. The van der Waals surface area contributed by atoms with E-state index in [1.165, 1.54) is 0 Å². The molecule has 0 saturated carbocycles. The molecule has 0 aliphatic carbocycles. The molecule has 4 nitrogen and oxygen atoms in total. The summed E-state index contributed by atoms with van der Waals surface area (Å²) in [5.41, 5.74) is 8.32. The summed E-state index contributed by atoms with van der Waals surface area (Å²) in [6.07, 6.45) is 0. The van der Waals surface area contributed by atoms with Crippen molar-refractivity contribution in [3.63, 3.8) is 0 Å². The number of benzene rings is 5. The van der Waals surface area contributed by atoms with Crippen molar-refractivity contribution in [1.29, 1.82) is 0 Å². The van der Waals surface area contributed by atoms with E-state index >= 15 is 0 Å². The average Bonchev–Trinajstić information content (AvgIpc) is 3.26. The van der Waals surface area contributed by atoms with Gasteiger partial charge in [-0.3, -0.25) is 0 Å². The summed E-state index contributed by atoms with van der Waals surface area (Å²) in [5.74, 6) is 0. The van der Waals surface area contributed by atoms with Gasteiger partial charge in [0.2, 0.25) is 9.84 Å². The maximum absolute atomic E-state index is 13.8. The number of sulfone groups is 1. The molecule has 0 spiro atoms. The first kappa shape index (κ1) is 23.7. The second-order valence-corrected chi connectivity index (χ2v) is 12.1. The van der Waals surface area contributed by atoms with E-state index in [1.807, 2.05) is 109 Å². The van der Waals surface area contributed by atoms with Crippen molar-refractivity contribution in [1.82, 2.24) is 9.97 Å². The van der Waals surface area contributed by atoms with Gasteiger partial charge in [0.05, 0.1) is 32.2 Å². The largest absolute Gasteiger partial charge is 0.245 e. The second kappa shape index (κ2) is 8.95. The van der Waals surface area contributed by atoms with E-state index in [9.17, 15) is 8.42 Å². The predicted octanol–water partition coefficient (Wildman–Crippen LogP) is 8.60. The Hall–Kier alpha value is -5.13. The van der Waals surface area contributed by atoms with Crippen molar-refractivity contribution in [2.75, 3.05) is 0 Å². The van der Waals surface area contributed by atoms with Crippen LogP contribution in [0.2, 0.25) is 0 Å². The minimum atomic E-state index is -3.68. The van der Waals surface area contributed by atoms with Crippen LogP contribution < -0.4 is 0 Å². The molecule has 8 rings (SSSR count). The number of hydrogen-bond donors (Lipinski definition) is 0. The van der Waals surface area contributed by atoms with Crippen LogP contribution in [0.25, 0.3) is 66.6 Å². The lowest BCUT2D eigenvalue weighted by molar-refractivity contribution is 0.599. The monoisotopic (exact) mass is 546 g/mol. The molecular formula is C36H22N2O2S. The van der Waals surface area contributed by atoms with Crippen LogP contribution in [-0.2, 0) is 9.84 Å². The third-order valence-electron chi connectivity index (χ3n) is 7.82. The molecule has 0 unspecified atom stereocenters. The molecule has 0 bridgehead atoms. The van der Waals surface area contributed by atoms with Gasteiger partial charge >= 0.3 is 0 Å². The first-order chi connectivity index (χ1) is 20.1. The number of rotatable bonds is 3. The molecule has 194 valence electrons. The molecule has 2 aromatic heterocycles. The third kappa shape index (κ3) is 3.78. The number of aromatic nitrogens is 2. The molecule has 1 aliphatic rings. The Morgan fingerprint density at radius 1 is 0.415 bits per heavy atom. The van der Waals surface area contributed by atoms with Crippen molar-refractivity contribution >= 4 is 31.6 Å². The van der Waals surface area contributed by atoms with Crippen LogP contribution in [0.4, 0.5) is 0 Å². The Labute approximate surface area is 237 Å². The smallest absolute Gasteiger partial charge is 0.207 e. The lowest BCUT2D eigenvalue weighted by Crippen LogP contribution is -1.98. The van der Waals surface area contributed by atoms with E-state index in [4.69, 9.17) is 9.97 Å². The number of nitrogens with zero attached hydrogens (tertiary/aromatic N) is 2. The highest BCUT2D eigenvalue weighted by atomic mass is 32.2. The highest BCUT2D eigenvalue weighted by Gasteiger charge is 2.33. The maximum atomic E-state index is 13.8. The zero-order valence-corrected chi connectivity index (χ0v) is 22.6. The minimum Gasteiger partial charge on any atom is -0.245 e. The van der Waals surface area contributed by atoms with Crippen LogP contribution in [0.5, 0.6) is 0 Å². The highest BCUT2D eigenvalue weighted by Crippen LogP contribution is 2.46. The average molecular weight is 547 g/mol. The molecule has 0 atom stereocenters. The summed E-state index contributed by atoms with van der Waals surface area (Å²) in [5, 5.41) is 1.98. The summed E-state index contributed by atoms with van der Waals surface area (Å²) in [6, 6.07) is 43.4. The molecule has 0 radical (unpaired) electrons. The van der Waals surface area contributed by atoms with E-state index in [0.717, 1.165) is 60.9 Å². The van der Waals surface area contributed by atoms with Crippen molar-refractivity contribution in [2.24, 2.45) is 0 Å². The van der Waals surface area contributed by atoms with Gasteiger partial charge in [0.25, 0.3) is 0 Å². The van der Waals surface area contributed by atoms with E-state index in [-0.39, 0.29) is 0 Å². The lowest BCUT2D eigenvalue weighted by Gasteiger charge is -2.09. The fourth-order valence-electron chi connectivity index (χ4n) is 5.72. The lowest BCUT2D eigenvalue weighted by atomic mass is 9.99. The van der Waals surface area contributed by atoms with Crippen LogP contribution >= 0.6 is 0 Å². The second-order valence-electron chi connectivity index (χ2n) is 10.3. The summed E-state index contributed by atoms with van der Waals surface area (Å²) < 4.78 is 27.5. The molecule has 1 aliphatic heterocycles. The molecule has 7 aromatic rings. The minimum absolute atomic E-state index is 0.319. The van der Waals surface area contributed by atoms with E-state index < -0.39 is 9.84 Å².